The van der Waals surface area contributed by atoms with Crippen molar-refractivity contribution in [3.05, 3.63) is 104 Å². The molecule has 4 heterocycles. The molecule has 2 bridgehead atoms. The highest BCUT2D eigenvalue weighted by molar-refractivity contribution is 6.34. The Bertz CT molecular complexity index is 2070. The van der Waals surface area contributed by atoms with Gasteiger partial charge in [0.1, 0.15) is 17.6 Å². The molecule has 11 nitrogen and oxygen atoms in total. The maximum absolute atomic E-state index is 14.0. The number of aromatic nitrogens is 1. The number of carbonyl (C=O) groups is 2. The number of rotatable bonds is 14. The van der Waals surface area contributed by atoms with E-state index in [1.54, 1.807) is 24.3 Å². The second-order valence-electron chi connectivity index (χ2n) is 15.4. The van der Waals surface area contributed by atoms with Crippen molar-refractivity contribution >= 4 is 34.4 Å². The number of piperidine rings is 3. The molecule has 5 N–H and O–H groups in total. The Morgan fingerprint density at radius 1 is 1.05 bits per heavy atom. The number of nitrogens with zero attached hydrogens (tertiary/aromatic N) is 1. The summed E-state index contributed by atoms with van der Waals surface area (Å²) in [4.78, 5) is 44.0. The van der Waals surface area contributed by atoms with Gasteiger partial charge in [-0.2, -0.15) is 0 Å². The van der Waals surface area contributed by atoms with E-state index in [1.807, 2.05) is 6.07 Å². The summed E-state index contributed by atoms with van der Waals surface area (Å²) in [5.74, 6) is 0.519. The number of aliphatic hydroxyl groups excluding tert-OH is 1. The van der Waals surface area contributed by atoms with Crippen LogP contribution in [0.2, 0.25) is 5.02 Å². The number of hydrogen-bond acceptors (Lipinski definition) is 9. The Morgan fingerprint density at radius 3 is 2.60 bits per heavy atom. The fourth-order valence-electron chi connectivity index (χ4n) is 8.77. The summed E-state index contributed by atoms with van der Waals surface area (Å²) in [5.41, 5.74) is 3.05. The summed E-state index contributed by atoms with van der Waals surface area (Å²) in [6.45, 7) is 3.98. The zero-order valence-corrected chi connectivity index (χ0v) is 32.1. The number of esters is 1. The van der Waals surface area contributed by atoms with Crippen molar-refractivity contribution in [1.29, 1.82) is 0 Å². The molecule has 1 aliphatic carbocycles. The second kappa shape index (κ2) is 17.2. The maximum Gasteiger partial charge on any atom is 0.316 e. The predicted octanol–water partition coefficient (Wildman–Crippen LogP) is 5.92. The predicted molar refractivity (Wildman–Crippen MR) is 212 cm³/mol. The van der Waals surface area contributed by atoms with Crippen molar-refractivity contribution in [2.24, 2.45) is 5.92 Å². The lowest BCUT2D eigenvalue weighted by molar-refractivity contribution is -0.167. The molecule has 12 heteroatoms. The van der Waals surface area contributed by atoms with Crippen molar-refractivity contribution in [2.45, 2.75) is 82.0 Å². The molecule has 55 heavy (non-hydrogen) atoms. The van der Waals surface area contributed by atoms with Gasteiger partial charge in [0, 0.05) is 43.2 Å². The molecule has 1 aromatic heterocycles. The van der Waals surface area contributed by atoms with E-state index < -0.39 is 11.5 Å². The Kier molecular flexibility index (Phi) is 12.1. The van der Waals surface area contributed by atoms with Gasteiger partial charge in [-0.05, 0) is 98.5 Å². The number of halogens is 1. The van der Waals surface area contributed by atoms with Gasteiger partial charge in [0.15, 0.2) is 0 Å². The smallest absolute Gasteiger partial charge is 0.316 e. The van der Waals surface area contributed by atoms with Gasteiger partial charge in [0.05, 0.1) is 34.7 Å². The van der Waals surface area contributed by atoms with Crippen molar-refractivity contribution in [3.63, 3.8) is 0 Å². The van der Waals surface area contributed by atoms with Crippen LogP contribution in [-0.4, -0.2) is 77.9 Å². The molecular formula is C43H51ClN4O7. The fraction of sp³-hybridized carbons (Fsp3) is 0.465. The highest BCUT2D eigenvalue weighted by atomic mass is 35.5. The molecule has 0 unspecified atom stereocenters. The van der Waals surface area contributed by atoms with Crippen molar-refractivity contribution in [1.82, 2.24) is 20.5 Å². The van der Waals surface area contributed by atoms with E-state index in [2.05, 4.69) is 38.7 Å². The third-order valence-electron chi connectivity index (χ3n) is 11.9. The first-order valence-corrected chi connectivity index (χ1v) is 19.9. The summed E-state index contributed by atoms with van der Waals surface area (Å²) < 4.78 is 12.0. The first kappa shape index (κ1) is 38.8. The van der Waals surface area contributed by atoms with Gasteiger partial charge < -0.3 is 35.3 Å². The Hall–Kier alpha value is -4.42. The fourth-order valence-corrected chi connectivity index (χ4v) is 9.05. The van der Waals surface area contributed by atoms with Crippen molar-refractivity contribution in [3.8, 4) is 11.5 Å². The molecule has 8 rings (SSSR count). The van der Waals surface area contributed by atoms with Crippen LogP contribution in [0.25, 0.3) is 10.9 Å². The number of phenolic OH excluding ortho intramolecular Hbond substituents is 1. The number of amides is 1. The van der Waals surface area contributed by atoms with Crippen LogP contribution in [0.3, 0.4) is 0 Å². The minimum Gasteiger partial charge on any atom is -0.506 e. The van der Waals surface area contributed by atoms with Crippen LogP contribution >= 0.6 is 11.6 Å². The molecule has 1 saturated carbocycles. The normalized spacial score (nSPS) is 20.9. The highest BCUT2D eigenvalue weighted by Crippen LogP contribution is 2.42. The zero-order chi connectivity index (χ0) is 38.5. The van der Waals surface area contributed by atoms with Gasteiger partial charge in [0.2, 0.25) is 5.56 Å². The Balaban J connectivity index is 0.929. The third-order valence-corrected chi connectivity index (χ3v) is 12.2. The second-order valence-corrected chi connectivity index (χ2v) is 15.8. The number of aryl methyl sites for hydroxylation is 1. The molecule has 0 radical (unpaired) electrons. The number of pyridine rings is 1. The van der Waals surface area contributed by atoms with Crippen LogP contribution in [-0.2, 0) is 27.9 Å². The summed E-state index contributed by atoms with van der Waals surface area (Å²) in [7, 11) is 1.52. The Labute approximate surface area is 326 Å². The number of nitrogens with one attached hydrogen (secondary N) is 3. The first-order valence-electron chi connectivity index (χ1n) is 19.6. The van der Waals surface area contributed by atoms with Crippen LogP contribution in [0.1, 0.15) is 90.1 Å². The monoisotopic (exact) mass is 770 g/mol. The van der Waals surface area contributed by atoms with E-state index in [9.17, 15) is 24.6 Å². The molecule has 4 aromatic rings. The number of carbonyl (C=O) groups excluding carboxylic acids is 2. The van der Waals surface area contributed by atoms with Crippen LogP contribution < -0.4 is 20.9 Å². The number of aromatic amines is 1. The summed E-state index contributed by atoms with van der Waals surface area (Å²) in [5, 5.41) is 28.1. The first-order chi connectivity index (χ1) is 26.6. The molecule has 4 fully saturated rings. The maximum atomic E-state index is 14.0. The van der Waals surface area contributed by atoms with Gasteiger partial charge in [-0.25, -0.2) is 0 Å². The van der Waals surface area contributed by atoms with Gasteiger partial charge in [-0.3, -0.25) is 19.3 Å². The molecule has 3 aromatic carbocycles. The number of phenols is 1. The minimum absolute atomic E-state index is 0.00422. The van der Waals surface area contributed by atoms with E-state index >= 15 is 0 Å². The minimum atomic E-state index is -0.937. The molecular weight excluding hydrogens is 720 g/mol. The molecule has 0 spiro atoms. The lowest BCUT2D eigenvalue weighted by atomic mass is 9.69. The third kappa shape index (κ3) is 8.55. The quantitative estimate of drug-likeness (QED) is 0.0777. The van der Waals surface area contributed by atoms with Crippen LogP contribution in [0.4, 0.5) is 0 Å². The van der Waals surface area contributed by atoms with E-state index in [0.717, 1.165) is 82.1 Å². The number of aromatic hydroxyl groups is 1. The van der Waals surface area contributed by atoms with Gasteiger partial charge in [-0.1, -0.05) is 61.2 Å². The summed E-state index contributed by atoms with van der Waals surface area (Å²) in [6, 6.07) is 17.7. The molecule has 1 amide bonds. The number of ether oxygens (including phenoxy) is 2. The van der Waals surface area contributed by atoms with E-state index in [1.165, 1.54) is 19.2 Å². The number of methoxy groups -OCH3 is 1. The molecule has 292 valence electrons. The Morgan fingerprint density at radius 2 is 1.85 bits per heavy atom. The number of aliphatic hydroxyl groups is 1. The van der Waals surface area contributed by atoms with Crippen molar-refractivity contribution in [2.75, 3.05) is 39.8 Å². The van der Waals surface area contributed by atoms with Crippen molar-refractivity contribution < 1.29 is 29.3 Å². The summed E-state index contributed by atoms with van der Waals surface area (Å²) >= 11 is 6.62. The van der Waals surface area contributed by atoms with Gasteiger partial charge >= 0.3 is 5.97 Å². The SMILES string of the molecule is COc1cc(C(=O)NCCCc2cccc(C3(C(=O)O[C@H]4CN5CCC4CC5)CCCCC3)c2)c(Cl)cc1CNC[C@H](O)c1ccc(O)c2[nH]c(=O)ccc12. The zero-order valence-electron chi connectivity index (χ0n) is 31.4. The molecule has 3 aliphatic heterocycles. The standard InChI is InChI=1S/C43H51ClN4O7/c1-54-37-23-33(34(44)22-29(37)24-45-25-36(50)31-10-12-35(49)40-32(31)11-13-39(51)47-40)41(52)46-18-6-8-27-7-5-9-30(21-27)43(16-3-2-4-17-43)42(53)55-38-26-48-19-14-28(38)15-20-48/h5,7,9-13,21-23,28,36,38,45,49-50H,2-4,6,8,14-20,24-26H2,1H3,(H,46,52)(H,47,51)/t36-,38-/m0/s1. The van der Waals surface area contributed by atoms with Crippen LogP contribution in [0, 0.1) is 5.92 Å². The topological polar surface area (TPSA) is 153 Å². The van der Waals surface area contributed by atoms with Gasteiger partial charge in [-0.15, -0.1) is 0 Å². The molecule has 2 atom stereocenters. The van der Waals surface area contributed by atoms with E-state index in [0.29, 0.717) is 53.3 Å². The average Bonchev–Trinajstić information content (AvgIpc) is 3.20. The number of H-pyrrole nitrogens is 1. The summed E-state index contributed by atoms with van der Waals surface area (Å²) in [6.07, 6.45) is 7.53. The van der Waals surface area contributed by atoms with Gasteiger partial charge in [0.25, 0.3) is 5.91 Å². The number of fused-ring (bicyclic) bond motifs is 4. The lowest BCUT2D eigenvalue weighted by Crippen LogP contribution is -2.53. The molecule has 3 saturated heterocycles. The average molecular weight is 771 g/mol. The lowest BCUT2D eigenvalue weighted by Gasteiger charge is -2.45. The molecule has 4 aliphatic rings. The van der Waals surface area contributed by atoms with E-state index in [4.69, 9.17) is 21.1 Å². The van der Waals surface area contributed by atoms with Crippen LogP contribution in [0.15, 0.2) is 65.5 Å². The number of benzene rings is 3. The highest BCUT2D eigenvalue weighted by Gasteiger charge is 2.46. The van der Waals surface area contributed by atoms with E-state index in [-0.39, 0.29) is 46.4 Å². The largest absolute Gasteiger partial charge is 0.506 e. The number of hydrogen-bond donors (Lipinski definition) is 5. The van der Waals surface area contributed by atoms with Crippen LogP contribution in [0.5, 0.6) is 11.5 Å².